The second-order valence-corrected chi connectivity index (χ2v) is 4.08. The highest BCUT2D eigenvalue weighted by atomic mass is 16.8. The zero-order chi connectivity index (χ0) is 8.82. The van der Waals surface area contributed by atoms with E-state index < -0.39 is 0 Å². The van der Waals surface area contributed by atoms with Crippen LogP contribution in [0.2, 0.25) is 0 Å². The Morgan fingerprint density at radius 1 is 1.58 bits per heavy atom. The van der Waals surface area contributed by atoms with Gasteiger partial charge in [-0.25, -0.2) is 0 Å². The maximum Gasteiger partial charge on any atom is 0.166 e. The summed E-state index contributed by atoms with van der Waals surface area (Å²) < 4.78 is 10.9. The maximum absolute atomic E-state index is 9.22. The molecule has 0 aliphatic carbocycles. The van der Waals surface area contributed by atoms with Gasteiger partial charge >= 0.3 is 0 Å². The SMILES string of the molecule is CCCC1(C)C2OCC1(CO)O2. The van der Waals surface area contributed by atoms with Crippen molar-refractivity contribution in [1.29, 1.82) is 0 Å². The lowest BCUT2D eigenvalue weighted by atomic mass is 9.67. The zero-order valence-corrected chi connectivity index (χ0v) is 7.67. The topological polar surface area (TPSA) is 38.7 Å². The van der Waals surface area contributed by atoms with Gasteiger partial charge in [-0.2, -0.15) is 0 Å². The normalized spacial score (nSPS) is 50.8. The molecule has 3 rings (SSSR count). The molecule has 3 nitrogen and oxygen atoms in total. The Bertz CT molecular complexity index is 190. The quantitative estimate of drug-likeness (QED) is 0.687. The van der Waals surface area contributed by atoms with Crippen molar-refractivity contribution in [2.45, 2.75) is 38.6 Å². The molecule has 0 amide bonds. The van der Waals surface area contributed by atoms with Gasteiger partial charge in [0.25, 0.3) is 0 Å². The molecule has 3 unspecified atom stereocenters. The van der Waals surface area contributed by atoms with Crippen LogP contribution in [-0.2, 0) is 9.47 Å². The Morgan fingerprint density at radius 2 is 2.33 bits per heavy atom. The molecule has 2 bridgehead atoms. The van der Waals surface area contributed by atoms with Crippen LogP contribution in [-0.4, -0.2) is 30.2 Å². The largest absolute Gasteiger partial charge is 0.393 e. The van der Waals surface area contributed by atoms with E-state index in [2.05, 4.69) is 13.8 Å². The average molecular weight is 172 g/mol. The van der Waals surface area contributed by atoms with Gasteiger partial charge in [0, 0.05) is 0 Å². The third-order valence-electron chi connectivity index (χ3n) is 3.39. The number of ether oxygens (including phenoxy) is 2. The molecule has 1 N–H and O–H groups in total. The standard InChI is InChI=1S/C9H16O3/c1-3-4-8(2)7-11-6-9(8,5-10)12-7/h7,10H,3-6H2,1-2H3. The molecule has 0 saturated carbocycles. The molecule has 0 spiro atoms. The summed E-state index contributed by atoms with van der Waals surface area (Å²) in [5, 5.41) is 9.22. The van der Waals surface area contributed by atoms with E-state index in [1.807, 2.05) is 0 Å². The van der Waals surface area contributed by atoms with Crippen molar-refractivity contribution in [3.63, 3.8) is 0 Å². The Hall–Kier alpha value is -0.120. The van der Waals surface area contributed by atoms with Crippen molar-refractivity contribution >= 4 is 0 Å². The molecule has 12 heavy (non-hydrogen) atoms. The van der Waals surface area contributed by atoms with Crippen molar-refractivity contribution in [2.24, 2.45) is 5.41 Å². The van der Waals surface area contributed by atoms with E-state index in [-0.39, 0.29) is 23.9 Å². The number of rotatable bonds is 3. The van der Waals surface area contributed by atoms with E-state index in [1.165, 1.54) is 0 Å². The summed E-state index contributed by atoms with van der Waals surface area (Å²) in [5.41, 5.74) is -0.329. The minimum atomic E-state index is -0.381. The van der Waals surface area contributed by atoms with Crippen LogP contribution in [0.25, 0.3) is 0 Å². The Labute approximate surface area is 72.7 Å². The van der Waals surface area contributed by atoms with Gasteiger partial charge in [0.1, 0.15) is 5.60 Å². The summed E-state index contributed by atoms with van der Waals surface area (Å²) in [6, 6.07) is 0. The first-order chi connectivity index (χ1) is 5.68. The number of aliphatic hydroxyl groups is 1. The lowest BCUT2D eigenvalue weighted by Gasteiger charge is -2.52. The zero-order valence-electron chi connectivity index (χ0n) is 7.67. The molecule has 3 saturated heterocycles. The summed E-state index contributed by atoms with van der Waals surface area (Å²) in [6.45, 7) is 4.94. The van der Waals surface area contributed by atoms with Crippen LogP contribution in [0.5, 0.6) is 0 Å². The van der Waals surface area contributed by atoms with E-state index in [0.29, 0.717) is 6.61 Å². The highest BCUT2D eigenvalue weighted by molar-refractivity contribution is 5.11. The van der Waals surface area contributed by atoms with Gasteiger partial charge in [0.2, 0.25) is 0 Å². The summed E-state index contributed by atoms with van der Waals surface area (Å²) in [7, 11) is 0. The first-order valence-corrected chi connectivity index (χ1v) is 4.59. The van der Waals surface area contributed by atoms with Gasteiger partial charge in [-0.05, 0) is 6.42 Å². The van der Waals surface area contributed by atoms with E-state index >= 15 is 0 Å². The van der Waals surface area contributed by atoms with E-state index in [1.54, 1.807) is 0 Å². The van der Waals surface area contributed by atoms with Crippen LogP contribution in [0.1, 0.15) is 26.7 Å². The molecule has 0 aromatic rings. The summed E-state index contributed by atoms with van der Waals surface area (Å²) in [4.78, 5) is 0. The Kier molecular flexibility index (Phi) is 1.72. The fraction of sp³-hybridized carbons (Fsp3) is 1.00. The lowest BCUT2D eigenvalue weighted by molar-refractivity contribution is -0.313. The third kappa shape index (κ3) is 0.721. The van der Waals surface area contributed by atoms with Crippen LogP contribution in [0.3, 0.4) is 0 Å². The lowest BCUT2D eigenvalue weighted by Crippen LogP contribution is -2.64. The highest BCUT2D eigenvalue weighted by Gasteiger charge is 2.70. The van der Waals surface area contributed by atoms with E-state index in [4.69, 9.17) is 9.47 Å². The fourth-order valence-electron chi connectivity index (χ4n) is 2.38. The minimum absolute atomic E-state index is 0.0521. The molecule has 3 fully saturated rings. The average Bonchev–Trinajstić information content (AvgIpc) is 2.60. The molecule has 0 aromatic carbocycles. The summed E-state index contributed by atoms with van der Waals surface area (Å²) in [5.74, 6) is 0. The van der Waals surface area contributed by atoms with Crippen LogP contribution < -0.4 is 0 Å². The fourth-order valence-corrected chi connectivity index (χ4v) is 2.38. The second-order valence-electron chi connectivity index (χ2n) is 4.08. The second kappa shape index (κ2) is 2.44. The van der Waals surface area contributed by atoms with Crippen LogP contribution >= 0.6 is 0 Å². The maximum atomic E-state index is 9.22. The highest BCUT2D eigenvalue weighted by Crippen LogP contribution is 2.58. The molecule has 3 heteroatoms. The predicted octanol–water partition coefficient (Wildman–Crippen LogP) is 0.910. The molecular formula is C9H16O3. The van der Waals surface area contributed by atoms with Gasteiger partial charge in [-0.1, -0.05) is 20.3 Å². The van der Waals surface area contributed by atoms with Crippen molar-refractivity contribution in [2.75, 3.05) is 13.2 Å². The minimum Gasteiger partial charge on any atom is -0.393 e. The smallest absolute Gasteiger partial charge is 0.166 e. The molecular weight excluding hydrogens is 156 g/mol. The van der Waals surface area contributed by atoms with Crippen molar-refractivity contribution < 1.29 is 14.6 Å². The van der Waals surface area contributed by atoms with Gasteiger partial charge in [0.05, 0.1) is 18.6 Å². The molecule has 3 atom stereocenters. The van der Waals surface area contributed by atoms with Crippen molar-refractivity contribution in [1.82, 2.24) is 0 Å². The van der Waals surface area contributed by atoms with Gasteiger partial charge in [-0.3, -0.25) is 0 Å². The van der Waals surface area contributed by atoms with Crippen LogP contribution in [0.4, 0.5) is 0 Å². The molecule has 3 heterocycles. The van der Waals surface area contributed by atoms with Gasteiger partial charge in [0.15, 0.2) is 6.29 Å². The van der Waals surface area contributed by atoms with Gasteiger partial charge in [-0.15, -0.1) is 0 Å². The third-order valence-corrected chi connectivity index (χ3v) is 3.39. The van der Waals surface area contributed by atoms with Gasteiger partial charge < -0.3 is 14.6 Å². The van der Waals surface area contributed by atoms with Crippen molar-refractivity contribution in [3.05, 3.63) is 0 Å². The molecule has 70 valence electrons. The van der Waals surface area contributed by atoms with Crippen LogP contribution in [0.15, 0.2) is 0 Å². The van der Waals surface area contributed by atoms with Crippen LogP contribution in [0, 0.1) is 5.41 Å². The summed E-state index contributed by atoms with van der Waals surface area (Å²) >= 11 is 0. The van der Waals surface area contributed by atoms with Crippen molar-refractivity contribution in [3.8, 4) is 0 Å². The molecule has 0 aromatic heterocycles. The number of hydrogen-bond donors (Lipinski definition) is 1. The van der Waals surface area contributed by atoms with E-state index in [0.717, 1.165) is 12.8 Å². The Morgan fingerprint density at radius 3 is 2.83 bits per heavy atom. The number of fused-ring (bicyclic) bond motifs is 1. The monoisotopic (exact) mass is 172 g/mol. The first-order valence-electron chi connectivity index (χ1n) is 4.59. The van der Waals surface area contributed by atoms with E-state index in [9.17, 15) is 5.11 Å². The first kappa shape index (κ1) is 8.48. The Balaban J connectivity index is 2.16. The number of hydrogen-bond acceptors (Lipinski definition) is 3. The molecule has 0 radical (unpaired) electrons. The summed E-state index contributed by atoms with van der Waals surface area (Å²) in [6.07, 6.45) is 2.12. The molecule has 3 aliphatic rings. The molecule has 3 aliphatic heterocycles. The number of aliphatic hydroxyl groups excluding tert-OH is 1. The predicted molar refractivity (Wildman–Crippen MR) is 43.7 cm³/mol.